The average Bonchev–Trinajstić information content (AvgIpc) is 2.55. The van der Waals surface area contributed by atoms with E-state index in [-0.39, 0.29) is 16.8 Å². The topological polar surface area (TPSA) is 70.9 Å². The monoisotopic (exact) mass is 360 g/mol. The summed E-state index contributed by atoms with van der Waals surface area (Å²) in [5.41, 5.74) is 0. The summed E-state index contributed by atoms with van der Waals surface area (Å²) in [7, 11) is -3.50. The molecule has 0 spiro atoms. The lowest BCUT2D eigenvalue weighted by molar-refractivity contribution is -0.917. The number of sulfonamides is 1. The van der Waals surface area contributed by atoms with Gasteiger partial charge in [0.05, 0.1) is 31.1 Å². The maximum Gasteiger partial charge on any atom is 0.278 e. The second kappa shape index (κ2) is 7.61. The Hall–Kier alpha value is -1.15. The van der Waals surface area contributed by atoms with E-state index < -0.39 is 10.0 Å². The highest BCUT2D eigenvalue weighted by molar-refractivity contribution is 7.89. The van der Waals surface area contributed by atoms with Crippen LogP contribution in [0, 0.1) is 0 Å². The van der Waals surface area contributed by atoms with Crippen molar-refractivity contribution < 1.29 is 18.1 Å². The van der Waals surface area contributed by atoms with Crippen molar-refractivity contribution >= 4 is 27.5 Å². The van der Waals surface area contributed by atoms with Crippen LogP contribution in [0.3, 0.4) is 0 Å². The molecule has 0 saturated carbocycles. The van der Waals surface area contributed by atoms with Gasteiger partial charge in [0.1, 0.15) is 0 Å². The molecule has 0 unspecified atom stereocenters. The van der Waals surface area contributed by atoms with E-state index in [4.69, 9.17) is 11.6 Å². The van der Waals surface area contributed by atoms with E-state index in [9.17, 15) is 13.2 Å². The van der Waals surface area contributed by atoms with E-state index in [2.05, 4.69) is 5.32 Å². The number of quaternary nitrogens is 1. The zero-order chi connectivity index (χ0) is 17.0. The summed E-state index contributed by atoms with van der Waals surface area (Å²) in [6.45, 7) is 6.41. The van der Waals surface area contributed by atoms with Gasteiger partial charge < -0.3 is 10.2 Å². The first-order chi connectivity index (χ1) is 10.9. The van der Waals surface area contributed by atoms with Crippen molar-refractivity contribution in [2.45, 2.75) is 24.8 Å². The summed E-state index contributed by atoms with van der Waals surface area (Å²) in [6, 6.07) is 6.03. The number of hydrogen-bond acceptors (Lipinski definition) is 3. The molecule has 1 aliphatic heterocycles. The van der Waals surface area contributed by atoms with Gasteiger partial charge in [-0.05, 0) is 38.1 Å². The number of rotatable bonds is 5. The summed E-state index contributed by atoms with van der Waals surface area (Å²) in [6.07, 6.45) is 0. The maximum absolute atomic E-state index is 12.6. The molecule has 1 saturated heterocycles. The molecule has 0 aliphatic carbocycles. The molecule has 1 atom stereocenters. The Morgan fingerprint density at radius 3 is 2.39 bits per heavy atom. The smallest absolute Gasteiger partial charge is 0.278 e. The van der Waals surface area contributed by atoms with Crippen LogP contribution in [-0.4, -0.2) is 57.4 Å². The lowest BCUT2D eigenvalue weighted by Crippen LogP contribution is -3.19. The quantitative estimate of drug-likeness (QED) is 0.761. The minimum Gasteiger partial charge on any atom is -0.351 e. The standard InChI is InChI=1S/C15H22ClN3O3S/c1-3-17-15(20)12(2)18-8-10-19(11-9-18)23(21,22)14-6-4-13(16)5-7-14/h4-7,12H,3,8-11H2,1-2H3,(H,17,20)/p+1/t12-/m1/s1. The van der Waals surface area contributed by atoms with Gasteiger partial charge in [0.2, 0.25) is 10.0 Å². The van der Waals surface area contributed by atoms with Crippen molar-refractivity contribution in [1.29, 1.82) is 0 Å². The molecule has 2 rings (SSSR count). The lowest BCUT2D eigenvalue weighted by atomic mass is 10.2. The number of halogens is 1. The molecule has 0 radical (unpaired) electrons. The zero-order valence-electron chi connectivity index (χ0n) is 13.4. The molecule has 0 bridgehead atoms. The van der Waals surface area contributed by atoms with Crippen LogP contribution in [0.1, 0.15) is 13.8 Å². The van der Waals surface area contributed by atoms with Gasteiger partial charge >= 0.3 is 0 Å². The largest absolute Gasteiger partial charge is 0.351 e. The van der Waals surface area contributed by atoms with Crippen molar-refractivity contribution in [2.24, 2.45) is 0 Å². The first kappa shape index (κ1) is 18.2. The third-order valence-electron chi connectivity index (χ3n) is 4.17. The van der Waals surface area contributed by atoms with Crippen LogP contribution in [0.2, 0.25) is 5.02 Å². The van der Waals surface area contributed by atoms with Crippen molar-refractivity contribution in [1.82, 2.24) is 9.62 Å². The first-order valence-corrected chi connectivity index (χ1v) is 9.56. The Balaban J connectivity index is 2.01. The molecule has 1 aliphatic rings. The summed E-state index contributed by atoms with van der Waals surface area (Å²) in [5, 5.41) is 3.32. The number of piperazine rings is 1. The fourth-order valence-electron chi connectivity index (χ4n) is 2.72. The van der Waals surface area contributed by atoms with Crippen LogP contribution >= 0.6 is 11.6 Å². The maximum atomic E-state index is 12.6. The van der Waals surface area contributed by atoms with E-state index in [1.807, 2.05) is 13.8 Å². The van der Waals surface area contributed by atoms with Crippen LogP contribution in [0.25, 0.3) is 0 Å². The zero-order valence-corrected chi connectivity index (χ0v) is 15.0. The Kier molecular flexibility index (Phi) is 6.02. The lowest BCUT2D eigenvalue weighted by Gasteiger charge is -2.34. The van der Waals surface area contributed by atoms with Gasteiger partial charge in [-0.2, -0.15) is 4.31 Å². The molecule has 23 heavy (non-hydrogen) atoms. The Bertz CT molecular complexity index is 640. The Labute approximate surface area is 142 Å². The molecule has 2 N–H and O–H groups in total. The highest BCUT2D eigenvalue weighted by Crippen LogP contribution is 2.18. The second-order valence-electron chi connectivity index (χ2n) is 5.63. The second-order valence-corrected chi connectivity index (χ2v) is 8.01. The predicted molar refractivity (Wildman–Crippen MR) is 89.1 cm³/mol. The molecule has 1 amide bonds. The molecule has 1 aromatic rings. The summed E-state index contributed by atoms with van der Waals surface area (Å²) in [4.78, 5) is 13.3. The highest BCUT2D eigenvalue weighted by atomic mass is 35.5. The molecule has 6 nitrogen and oxygen atoms in total. The number of carbonyl (C=O) groups is 1. The van der Waals surface area contributed by atoms with E-state index in [0.29, 0.717) is 37.7 Å². The third kappa shape index (κ3) is 4.23. The predicted octanol–water partition coefficient (Wildman–Crippen LogP) is -0.246. The minimum atomic E-state index is -3.50. The number of nitrogens with one attached hydrogen (secondary N) is 2. The summed E-state index contributed by atoms with van der Waals surface area (Å²) < 4.78 is 26.7. The molecule has 1 heterocycles. The van der Waals surface area contributed by atoms with Gasteiger partial charge in [0.15, 0.2) is 6.04 Å². The summed E-state index contributed by atoms with van der Waals surface area (Å²) in [5.74, 6) is 0.0107. The molecular formula is C15H23ClN3O3S+. The van der Waals surface area contributed by atoms with Crippen LogP contribution in [0.5, 0.6) is 0 Å². The van der Waals surface area contributed by atoms with Crippen molar-refractivity contribution in [3.05, 3.63) is 29.3 Å². The minimum absolute atomic E-state index is 0.0107. The van der Waals surface area contributed by atoms with Crippen LogP contribution in [0.4, 0.5) is 0 Å². The average molecular weight is 361 g/mol. The molecule has 128 valence electrons. The van der Waals surface area contributed by atoms with Crippen LogP contribution in [-0.2, 0) is 14.8 Å². The number of carbonyl (C=O) groups excluding carboxylic acids is 1. The Morgan fingerprint density at radius 2 is 1.87 bits per heavy atom. The van der Waals surface area contributed by atoms with E-state index in [1.165, 1.54) is 16.4 Å². The normalized spacial score (nSPS) is 18.6. The van der Waals surface area contributed by atoms with Gasteiger partial charge in [0, 0.05) is 11.6 Å². The first-order valence-electron chi connectivity index (χ1n) is 7.74. The van der Waals surface area contributed by atoms with E-state index in [0.717, 1.165) is 4.90 Å². The molecule has 1 aromatic carbocycles. The summed E-state index contributed by atoms with van der Waals surface area (Å²) >= 11 is 5.81. The molecular weight excluding hydrogens is 338 g/mol. The fourth-order valence-corrected chi connectivity index (χ4v) is 4.28. The highest BCUT2D eigenvalue weighted by Gasteiger charge is 2.34. The van der Waals surface area contributed by atoms with E-state index >= 15 is 0 Å². The molecule has 8 heteroatoms. The van der Waals surface area contributed by atoms with Crippen molar-refractivity contribution in [3.63, 3.8) is 0 Å². The van der Waals surface area contributed by atoms with Gasteiger partial charge in [-0.15, -0.1) is 0 Å². The van der Waals surface area contributed by atoms with Gasteiger partial charge in [-0.1, -0.05) is 11.6 Å². The number of nitrogens with zero attached hydrogens (tertiary/aromatic N) is 1. The van der Waals surface area contributed by atoms with E-state index in [1.54, 1.807) is 12.1 Å². The van der Waals surface area contributed by atoms with Crippen LogP contribution in [0.15, 0.2) is 29.2 Å². The van der Waals surface area contributed by atoms with Gasteiger partial charge in [-0.25, -0.2) is 8.42 Å². The van der Waals surface area contributed by atoms with Gasteiger partial charge in [-0.3, -0.25) is 4.79 Å². The molecule has 0 aromatic heterocycles. The van der Waals surface area contributed by atoms with Crippen molar-refractivity contribution in [3.8, 4) is 0 Å². The van der Waals surface area contributed by atoms with Gasteiger partial charge in [0.25, 0.3) is 5.91 Å². The number of likely N-dealkylation sites (N-methyl/N-ethyl adjacent to an activating group) is 1. The van der Waals surface area contributed by atoms with Crippen LogP contribution < -0.4 is 10.2 Å². The number of hydrogen-bond donors (Lipinski definition) is 2. The Morgan fingerprint density at radius 1 is 1.30 bits per heavy atom. The SMILES string of the molecule is CCNC(=O)[C@@H](C)[NH+]1CCN(S(=O)(=O)c2ccc(Cl)cc2)CC1. The molecule has 1 fully saturated rings. The third-order valence-corrected chi connectivity index (χ3v) is 6.34. The van der Waals surface area contributed by atoms with Crippen molar-refractivity contribution in [2.75, 3.05) is 32.7 Å². The number of amides is 1. The number of benzene rings is 1. The fraction of sp³-hybridized carbons (Fsp3) is 0.533.